The molecule has 0 radical (unpaired) electrons. The number of methoxy groups -OCH3 is 1. The summed E-state index contributed by atoms with van der Waals surface area (Å²) in [5.74, 6) is 0.429. The highest BCUT2D eigenvalue weighted by molar-refractivity contribution is 5.59. The summed E-state index contributed by atoms with van der Waals surface area (Å²) in [5, 5.41) is 3.57. The number of anilines is 1. The van der Waals surface area contributed by atoms with E-state index >= 15 is 0 Å². The van der Waals surface area contributed by atoms with Crippen LogP contribution in [-0.4, -0.2) is 7.11 Å². The minimum absolute atomic E-state index is 0.123. The van der Waals surface area contributed by atoms with Crippen LogP contribution in [-0.2, 0) is 5.54 Å². The topological polar surface area (TPSA) is 21.3 Å². The molecule has 0 aliphatic heterocycles. The zero-order valence-corrected chi connectivity index (χ0v) is 12.2. The Bertz CT molecular complexity index is 606. The van der Waals surface area contributed by atoms with Gasteiger partial charge < -0.3 is 10.1 Å². The first kappa shape index (κ1) is 13.9. The molecule has 0 bridgehead atoms. The van der Waals surface area contributed by atoms with Gasteiger partial charge in [-0.1, -0.05) is 43.2 Å². The molecule has 3 heteroatoms. The van der Waals surface area contributed by atoms with Crippen molar-refractivity contribution in [3.05, 3.63) is 59.9 Å². The zero-order chi connectivity index (χ0) is 14.7. The van der Waals surface area contributed by atoms with Crippen molar-refractivity contribution in [3.63, 3.8) is 0 Å². The Balaban J connectivity index is 1.99. The smallest absolute Gasteiger partial charge is 0.142 e. The van der Waals surface area contributed by atoms with Crippen molar-refractivity contribution >= 4 is 5.69 Å². The van der Waals surface area contributed by atoms with E-state index in [0.29, 0.717) is 5.75 Å². The van der Waals surface area contributed by atoms with Crippen molar-refractivity contribution < 1.29 is 9.13 Å². The largest absolute Gasteiger partial charge is 0.495 e. The lowest BCUT2D eigenvalue weighted by molar-refractivity contribution is 0.411. The van der Waals surface area contributed by atoms with Gasteiger partial charge in [0.1, 0.15) is 11.6 Å². The number of nitrogens with one attached hydrogen (secondary N) is 1. The number of rotatable bonds is 4. The third-order valence-corrected chi connectivity index (χ3v) is 4.32. The quantitative estimate of drug-likeness (QED) is 0.878. The highest BCUT2D eigenvalue weighted by Crippen LogP contribution is 2.43. The van der Waals surface area contributed by atoms with Gasteiger partial charge in [0, 0.05) is 6.07 Å². The van der Waals surface area contributed by atoms with Crippen molar-refractivity contribution in [2.45, 2.75) is 31.2 Å². The van der Waals surface area contributed by atoms with E-state index in [4.69, 9.17) is 4.74 Å². The Morgan fingerprint density at radius 2 is 1.76 bits per heavy atom. The highest BCUT2D eigenvalue weighted by atomic mass is 19.1. The average Bonchev–Trinajstić information content (AvgIpc) is 2.98. The van der Waals surface area contributed by atoms with Crippen LogP contribution < -0.4 is 10.1 Å². The van der Waals surface area contributed by atoms with Gasteiger partial charge in [0.05, 0.1) is 18.3 Å². The normalized spacial score (nSPS) is 16.7. The van der Waals surface area contributed by atoms with Gasteiger partial charge in [0.25, 0.3) is 0 Å². The summed E-state index contributed by atoms with van der Waals surface area (Å²) in [5.41, 5.74) is 1.86. The number of benzene rings is 2. The molecule has 1 fully saturated rings. The van der Waals surface area contributed by atoms with E-state index in [9.17, 15) is 4.39 Å². The van der Waals surface area contributed by atoms with Crippen LogP contribution in [0.1, 0.15) is 31.2 Å². The molecule has 0 saturated heterocycles. The number of ether oxygens (including phenoxy) is 1. The molecule has 1 aliphatic rings. The van der Waals surface area contributed by atoms with E-state index < -0.39 is 0 Å². The minimum Gasteiger partial charge on any atom is -0.495 e. The van der Waals surface area contributed by atoms with E-state index in [-0.39, 0.29) is 11.4 Å². The van der Waals surface area contributed by atoms with Gasteiger partial charge in [-0.2, -0.15) is 0 Å². The lowest BCUT2D eigenvalue weighted by Crippen LogP contribution is -2.32. The van der Waals surface area contributed by atoms with Crippen LogP contribution in [0.3, 0.4) is 0 Å². The Morgan fingerprint density at radius 1 is 1.05 bits per heavy atom. The van der Waals surface area contributed by atoms with Gasteiger partial charge in [-0.25, -0.2) is 4.39 Å². The molecule has 0 heterocycles. The SMILES string of the molecule is COc1ccc(F)cc1NC1(c2ccccc2)CCCC1. The fourth-order valence-corrected chi connectivity index (χ4v) is 3.26. The Morgan fingerprint density at radius 3 is 2.43 bits per heavy atom. The Hall–Kier alpha value is -2.03. The first-order valence-electron chi connectivity index (χ1n) is 7.41. The summed E-state index contributed by atoms with van der Waals surface area (Å²) in [6.45, 7) is 0. The van der Waals surface area contributed by atoms with Crippen molar-refractivity contribution in [2.75, 3.05) is 12.4 Å². The molecule has 1 aliphatic carbocycles. The molecular formula is C18H20FNO. The maximum atomic E-state index is 13.6. The van der Waals surface area contributed by atoms with Crippen LogP contribution in [0, 0.1) is 5.82 Å². The standard InChI is InChI=1S/C18H20FNO/c1-21-17-10-9-15(19)13-16(17)20-18(11-5-6-12-18)14-7-3-2-4-8-14/h2-4,7-10,13,20H,5-6,11-12H2,1H3. The molecule has 110 valence electrons. The number of hydrogen-bond acceptors (Lipinski definition) is 2. The predicted octanol–water partition coefficient (Wildman–Crippen LogP) is 4.72. The first-order chi connectivity index (χ1) is 10.2. The van der Waals surface area contributed by atoms with Crippen LogP contribution in [0.5, 0.6) is 5.75 Å². The Labute approximate surface area is 125 Å². The molecule has 0 spiro atoms. The molecule has 0 unspecified atom stereocenters. The summed E-state index contributed by atoms with van der Waals surface area (Å²) in [6.07, 6.45) is 4.46. The highest BCUT2D eigenvalue weighted by Gasteiger charge is 2.36. The number of hydrogen-bond donors (Lipinski definition) is 1. The third kappa shape index (κ3) is 2.73. The van der Waals surface area contributed by atoms with Gasteiger partial charge >= 0.3 is 0 Å². The lowest BCUT2D eigenvalue weighted by Gasteiger charge is -2.33. The summed E-state index contributed by atoms with van der Waals surface area (Å²) in [7, 11) is 1.61. The summed E-state index contributed by atoms with van der Waals surface area (Å²) < 4.78 is 19.0. The van der Waals surface area contributed by atoms with Crippen molar-refractivity contribution in [1.82, 2.24) is 0 Å². The molecule has 0 amide bonds. The van der Waals surface area contributed by atoms with E-state index in [1.165, 1.54) is 30.5 Å². The van der Waals surface area contributed by atoms with Crippen LogP contribution in [0.2, 0.25) is 0 Å². The molecule has 3 rings (SSSR count). The van der Waals surface area contributed by atoms with E-state index in [2.05, 4.69) is 29.6 Å². The maximum absolute atomic E-state index is 13.6. The first-order valence-corrected chi connectivity index (χ1v) is 7.41. The molecule has 2 aromatic rings. The van der Waals surface area contributed by atoms with E-state index in [1.54, 1.807) is 13.2 Å². The van der Waals surface area contributed by atoms with E-state index in [1.807, 2.05) is 6.07 Å². The molecule has 0 atom stereocenters. The van der Waals surface area contributed by atoms with Gasteiger partial charge in [-0.15, -0.1) is 0 Å². The third-order valence-electron chi connectivity index (χ3n) is 4.32. The van der Waals surface area contributed by atoms with Crippen LogP contribution in [0.15, 0.2) is 48.5 Å². The van der Waals surface area contributed by atoms with Gasteiger partial charge in [-0.05, 0) is 30.5 Å². The van der Waals surface area contributed by atoms with Gasteiger partial charge in [0.2, 0.25) is 0 Å². The number of halogens is 1. The van der Waals surface area contributed by atoms with Crippen LogP contribution in [0.25, 0.3) is 0 Å². The van der Waals surface area contributed by atoms with Gasteiger partial charge in [0.15, 0.2) is 0 Å². The molecule has 1 saturated carbocycles. The van der Waals surface area contributed by atoms with Gasteiger partial charge in [-0.3, -0.25) is 0 Å². The molecule has 0 aromatic heterocycles. The average molecular weight is 285 g/mol. The summed E-state index contributed by atoms with van der Waals surface area (Å²) in [6, 6.07) is 15.0. The second-order valence-electron chi connectivity index (χ2n) is 5.62. The summed E-state index contributed by atoms with van der Waals surface area (Å²) in [4.78, 5) is 0. The van der Waals surface area contributed by atoms with Crippen LogP contribution in [0.4, 0.5) is 10.1 Å². The van der Waals surface area contributed by atoms with Crippen molar-refractivity contribution in [3.8, 4) is 5.75 Å². The fourth-order valence-electron chi connectivity index (χ4n) is 3.26. The van der Waals surface area contributed by atoms with Crippen molar-refractivity contribution in [1.29, 1.82) is 0 Å². The molecule has 2 nitrogen and oxygen atoms in total. The lowest BCUT2D eigenvalue weighted by atomic mass is 9.88. The van der Waals surface area contributed by atoms with Crippen molar-refractivity contribution in [2.24, 2.45) is 0 Å². The molecule has 2 aromatic carbocycles. The monoisotopic (exact) mass is 285 g/mol. The second kappa shape index (κ2) is 5.76. The summed E-state index contributed by atoms with van der Waals surface area (Å²) >= 11 is 0. The second-order valence-corrected chi connectivity index (χ2v) is 5.62. The maximum Gasteiger partial charge on any atom is 0.142 e. The van der Waals surface area contributed by atoms with E-state index in [0.717, 1.165) is 18.5 Å². The zero-order valence-electron chi connectivity index (χ0n) is 12.2. The Kier molecular flexibility index (Phi) is 3.82. The minimum atomic E-state index is -0.250. The molecular weight excluding hydrogens is 265 g/mol. The molecule has 21 heavy (non-hydrogen) atoms. The van der Waals surface area contributed by atoms with Crippen LogP contribution >= 0.6 is 0 Å². The molecule has 1 N–H and O–H groups in total. The predicted molar refractivity (Wildman–Crippen MR) is 83.2 cm³/mol. The fraction of sp³-hybridized carbons (Fsp3) is 0.333.